The largest absolute Gasteiger partial charge is 0.280 e. The molecule has 7 heteroatoms. The Morgan fingerprint density at radius 2 is 1.79 bits per heavy atom. The topological polar surface area (TPSA) is 76.9 Å². The lowest BCUT2D eigenvalue weighted by Crippen LogP contribution is -2.36. The molecule has 4 aromatic rings. The van der Waals surface area contributed by atoms with Gasteiger partial charge < -0.3 is 0 Å². The smallest absolute Gasteiger partial charge is 0.267 e. The molecule has 1 N–H and O–H groups in total. The van der Waals surface area contributed by atoms with Gasteiger partial charge in [-0.05, 0) is 35.9 Å². The summed E-state index contributed by atoms with van der Waals surface area (Å²) < 4.78 is 1.20. The summed E-state index contributed by atoms with van der Waals surface area (Å²) in [6.07, 6.45) is 3.40. The van der Waals surface area contributed by atoms with Gasteiger partial charge in [-0.3, -0.25) is 20.0 Å². The van der Waals surface area contributed by atoms with Crippen LogP contribution in [0, 0.1) is 0 Å². The highest BCUT2D eigenvalue weighted by atomic mass is 35.5. The number of nitrogens with zero attached hydrogens (tertiary/aromatic N) is 3. The predicted molar refractivity (Wildman–Crippen MR) is 108 cm³/mol. The molecule has 0 aliphatic carbocycles. The van der Waals surface area contributed by atoms with Crippen LogP contribution in [0.15, 0.2) is 77.9 Å². The van der Waals surface area contributed by atoms with Crippen molar-refractivity contribution in [1.29, 1.82) is 0 Å². The molecule has 0 saturated heterocycles. The van der Waals surface area contributed by atoms with Gasteiger partial charge in [-0.25, -0.2) is 9.66 Å². The van der Waals surface area contributed by atoms with Crippen molar-refractivity contribution in [3.63, 3.8) is 0 Å². The Kier molecular flexibility index (Phi) is 4.87. The molecule has 0 aliphatic rings. The molecular formula is C21H15ClN4O2. The van der Waals surface area contributed by atoms with Crippen LogP contribution >= 0.6 is 11.6 Å². The summed E-state index contributed by atoms with van der Waals surface area (Å²) in [5.41, 5.74) is 4.14. The average molecular weight is 391 g/mol. The van der Waals surface area contributed by atoms with Crippen LogP contribution in [-0.4, -0.2) is 20.6 Å². The van der Waals surface area contributed by atoms with Gasteiger partial charge in [0.05, 0.1) is 10.9 Å². The second-order valence-corrected chi connectivity index (χ2v) is 6.61. The number of benzene rings is 2. The second kappa shape index (κ2) is 7.62. The van der Waals surface area contributed by atoms with Crippen molar-refractivity contribution in [3.05, 3.63) is 105 Å². The second-order valence-electron chi connectivity index (χ2n) is 6.17. The lowest BCUT2D eigenvalue weighted by Gasteiger charge is -2.15. The van der Waals surface area contributed by atoms with Gasteiger partial charge in [0.15, 0.2) is 0 Å². The first-order valence-corrected chi connectivity index (χ1v) is 8.96. The van der Waals surface area contributed by atoms with Crippen molar-refractivity contribution >= 4 is 28.4 Å². The molecule has 0 fully saturated rings. The van der Waals surface area contributed by atoms with Crippen LogP contribution in [0.1, 0.15) is 21.7 Å². The van der Waals surface area contributed by atoms with Crippen molar-refractivity contribution in [2.45, 2.75) is 6.42 Å². The summed E-state index contributed by atoms with van der Waals surface area (Å²) in [4.78, 5) is 34.2. The summed E-state index contributed by atoms with van der Waals surface area (Å²) in [6, 6.07) is 17.6. The maximum atomic E-state index is 13.1. The monoisotopic (exact) mass is 390 g/mol. The van der Waals surface area contributed by atoms with Gasteiger partial charge in [-0.2, -0.15) is 0 Å². The third-order valence-electron chi connectivity index (χ3n) is 4.26. The number of pyridine rings is 1. The molecule has 0 unspecified atom stereocenters. The Bertz CT molecular complexity index is 1210. The van der Waals surface area contributed by atoms with Gasteiger partial charge in [0.1, 0.15) is 5.82 Å². The van der Waals surface area contributed by atoms with E-state index in [1.54, 1.807) is 30.3 Å². The van der Waals surface area contributed by atoms with E-state index in [4.69, 9.17) is 11.6 Å². The van der Waals surface area contributed by atoms with E-state index < -0.39 is 5.91 Å². The third-order valence-corrected chi connectivity index (χ3v) is 4.50. The van der Waals surface area contributed by atoms with Crippen LogP contribution in [0.5, 0.6) is 0 Å². The van der Waals surface area contributed by atoms with Crippen LogP contribution in [0.2, 0.25) is 5.02 Å². The molecule has 6 nitrogen and oxygen atoms in total. The van der Waals surface area contributed by atoms with E-state index >= 15 is 0 Å². The minimum Gasteiger partial charge on any atom is -0.267 e. The minimum absolute atomic E-state index is 0.366. The number of carbonyl (C=O) groups excluding carboxylic acids is 1. The number of fused-ring (bicyclic) bond motifs is 1. The van der Waals surface area contributed by atoms with Crippen molar-refractivity contribution in [2.75, 3.05) is 5.43 Å². The highest BCUT2D eigenvalue weighted by Gasteiger charge is 2.15. The number of carbonyl (C=O) groups is 1. The van der Waals surface area contributed by atoms with Gasteiger partial charge in [0.25, 0.3) is 11.5 Å². The van der Waals surface area contributed by atoms with Crippen LogP contribution < -0.4 is 11.0 Å². The number of amides is 1. The molecule has 2 heterocycles. The van der Waals surface area contributed by atoms with Gasteiger partial charge in [0.2, 0.25) is 0 Å². The van der Waals surface area contributed by atoms with Crippen LogP contribution in [0.4, 0.5) is 0 Å². The average Bonchev–Trinajstić information content (AvgIpc) is 2.72. The zero-order chi connectivity index (χ0) is 19.5. The summed E-state index contributed by atoms with van der Waals surface area (Å²) in [5, 5.41) is 0.861. The maximum Gasteiger partial charge on any atom is 0.280 e. The molecule has 0 saturated carbocycles. The van der Waals surface area contributed by atoms with Crippen molar-refractivity contribution < 1.29 is 4.79 Å². The van der Waals surface area contributed by atoms with Crippen LogP contribution in [0.25, 0.3) is 10.9 Å². The number of hydrogen-bond acceptors (Lipinski definition) is 4. The van der Waals surface area contributed by atoms with Gasteiger partial charge >= 0.3 is 0 Å². The van der Waals surface area contributed by atoms with Crippen molar-refractivity contribution in [1.82, 2.24) is 14.6 Å². The Balaban J connectivity index is 1.83. The van der Waals surface area contributed by atoms with E-state index in [-0.39, 0.29) is 5.56 Å². The normalized spacial score (nSPS) is 10.8. The molecular weight excluding hydrogens is 376 g/mol. The fourth-order valence-corrected chi connectivity index (χ4v) is 3.05. The molecule has 2 aromatic carbocycles. The molecule has 0 spiro atoms. The Morgan fingerprint density at radius 3 is 2.54 bits per heavy atom. The van der Waals surface area contributed by atoms with E-state index in [1.165, 1.54) is 17.1 Å². The van der Waals surface area contributed by atoms with Crippen LogP contribution in [0.3, 0.4) is 0 Å². The molecule has 2 aromatic heterocycles. The Labute approximate surface area is 165 Å². The highest BCUT2D eigenvalue weighted by molar-refractivity contribution is 6.31. The van der Waals surface area contributed by atoms with E-state index in [1.807, 2.05) is 30.3 Å². The summed E-state index contributed by atoms with van der Waals surface area (Å²) >= 11 is 6.06. The molecule has 138 valence electrons. The number of hydrogen-bond donors (Lipinski definition) is 1. The maximum absolute atomic E-state index is 13.1. The van der Waals surface area contributed by atoms with Gasteiger partial charge in [-0.1, -0.05) is 41.9 Å². The molecule has 0 atom stereocenters. The first kappa shape index (κ1) is 17.9. The molecule has 0 bridgehead atoms. The minimum atomic E-state index is -0.422. The van der Waals surface area contributed by atoms with E-state index in [9.17, 15) is 9.59 Å². The first-order chi connectivity index (χ1) is 13.6. The van der Waals surface area contributed by atoms with E-state index in [2.05, 4.69) is 15.4 Å². The summed E-state index contributed by atoms with van der Waals surface area (Å²) in [5.74, 6) is -0.0118. The highest BCUT2D eigenvalue weighted by Crippen LogP contribution is 2.16. The standard InChI is InChI=1S/C21H15ClN4O2/c22-16-6-7-17-18(13-16)24-19(12-14-4-2-1-3-5-14)26(21(17)28)25-20(27)15-8-10-23-11-9-15/h1-11,13H,12H2,(H,25,27). The lowest BCUT2D eigenvalue weighted by atomic mass is 10.1. The number of halogens is 1. The third kappa shape index (κ3) is 3.63. The quantitative estimate of drug-likeness (QED) is 0.579. The number of rotatable bonds is 4. The van der Waals surface area contributed by atoms with Gasteiger partial charge in [-0.15, -0.1) is 0 Å². The fourth-order valence-electron chi connectivity index (χ4n) is 2.89. The number of aromatic nitrogens is 3. The van der Waals surface area contributed by atoms with Crippen molar-refractivity contribution in [3.8, 4) is 0 Å². The summed E-state index contributed by atoms with van der Waals surface area (Å²) in [7, 11) is 0. The lowest BCUT2D eigenvalue weighted by molar-refractivity contribution is 0.101. The SMILES string of the molecule is O=C(Nn1c(Cc2ccccc2)nc2cc(Cl)ccc2c1=O)c1ccncc1. The number of nitrogens with one attached hydrogen (secondary N) is 1. The molecule has 28 heavy (non-hydrogen) atoms. The molecule has 0 radical (unpaired) electrons. The Hall–Kier alpha value is -3.51. The van der Waals surface area contributed by atoms with E-state index in [0.29, 0.717) is 33.7 Å². The zero-order valence-corrected chi connectivity index (χ0v) is 15.4. The zero-order valence-electron chi connectivity index (χ0n) is 14.7. The summed E-state index contributed by atoms with van der Waals surface area (Å²) in [6.45, 7) is 0. The van der Waals surface area contributed by atoms with E-state index in [0.717, 1.165) is 5.56 Å². The Morgan fingerprint density at radius 1 is 1.04 bits per heavy atom. The molecule has 4 rings (SSSR count). The predicted octanol–water partition coefficient (Wildman–Crippen LogP) is 3.42. The van der Waals surface area contributed by atoms with Crippen LogP contribution in [-0.2, 0) is 6.42 Å². The van der Waals surface area contributed by atoms with Crippen molar-refractivity contribution in [2.24, 2.45) is 0 Å². The first-order valence-electron chi connectivity index (χ1n) is 8.58. The molecule has 1 amide bonds. The van der Waals surface area contributed by atoms with Gasteiger partial charge in [0, 0.05) is 29.4 Å². The fraction of sp³-hybridized carbons (Fsp3) is 0.0476. The molecule has 0 aliphatic heterocycles.